The minimum Gasteiger partial charge on any atom is -0.465 e. The van der Waals surface area contributed by atoms with Gasteiger partial charge in [-0.1, -0.05) is 6.07 Å². The molecule has 2 N–H and O–H groups in total. The van der Waals surface area contributed by atoms with E-state index < -0.39 is 29.4 Å². The van der Waals surface area contributed by atoms with E-state index in [4.69, 9.17) is 5.11 Å². The number of pyridine rings is 1. The maximum atomic E-state index is 14.5. The number of amides is 1. The predicted molar refractivity (Wildman–Crippen MR) is 137 cm³/mol. The van der Waals surface area contributed by atoms with Crippen LogP contribution in [0.4, 0.5) is 33.7 Å². The molecule has 1 aromatic heterocycles. The number of aromatic nitrogens is 1. The van der Waals surface area contributed by atoms with E-state index in [0.29, 0.717) is 59.7 Å². The summed E-state index contributed by atoms with van der Waals surface area (Å²) in [5, 5.41) is 12.1. The van der Waals surface area contributed by atoms with Crippen LogP contribution in [-0.2, 0) is 4.79 Å². The Morgan fingerprint density at radius 3 is 2.31 bits per heavy atom. The Labute approximate surface area is 219 Å². The van der Waals surface area contributed by atoms with Crippen molar-refractivity contribution in [3.8, 4) is 22.3 Å². The average molecular weight is 536 g/mol. The molecule has 4 aromatic rings. The second-order valence-electron chi connectivity index (χ2n) is 9.11. The van der Waals surface area contributed by atoms with Crippen LogP contribution in [0.5, 0.6) is 0 Å². The number of benzene rings is 3. The summed E-state index contributed by atoms with van der Waals surface area (Å²) in [6, 6.07) is 9.32. The van der Waals surface area contributed by atoms with Gasteiger partial charge in [0.2, 0.25) is 6.08 Å². The van der Waals surface area contributed by atoms with Crippen molar-refractivity contribution in [2.45, 2.75) is 18.9 Å². The maximum absolute atomic E-state index is 14.5. The van der Waals surface area contributed by atoms with Crippen molar-refractivity contribution in [2.24, 2.45) is 4.99 Å². The van der Waals surface area contributed by atoms with Crippen molar-refractivity contribution >= 4 is 34.5 Å². The van der Waals surface area contributed by atoms with Crippen LogP contribution in [0.25, 0.3) is 33.2 Å². The van der Waals surface area contributed by atoms with E-state index >= 15 is 0 Å². The molecule has 0 saturated carbocycles. The van der Waals surface area contributed by atoms with Gasteiger partial charge in [0.05, 0.1) is 11.2 Å². The molecule has 3 aromatic carbocycles. The van der Waals surface area contributed by atoms with Crippen molar-refractivity contribution in [3.05, 3.63) is 78.0 Å². The van der Waals surface area contributed by atoms with Gasteiger partial charge in [0.25, 0.3) is 0 Å². The Morgan fingerprint density at radius 2 is 1.64 bits per heavy atom. The lowest BCUT2D eigenvalue weighted by Crippen LogP contribution is -2.44. The number of anilines is 1. The second-order valence-corrected chi connectivity index (χ2v) is 9.11. The molecule has 0 aliphatic carbocycles. The molecule has 11 heteroatoms. The standard InChI is InChI=1S/C28H20F4N4O3/c29-17-7-16(8-18(30)10-17)23-13-33-25-2-1-15(21-11-19(31)12-24(32)26(21)34-14-37)9-22(25)27(23)36-5-3-20(4-6-36)35-28(38)39/h1-2,7-13,20,35H,3-6H2,(H,38,39). The maximum Gasteiger partial charge on any atom is 0.404 e. The van der Waals surface area contributed by atoms with Crippen molar-refractivity contribution < 1.29 is 32.3 Å². The number of hydrogen-bond donors (Lipinski definition) is 2. The van der Waals surface area contributed by atoms with Gasteiger partial charge in [-0.2, -0.15) is 4.99 Å². The van der Waals surface area contributed by atoms with Gasteiger partial charge in [0.1, 0.15) is 23.1 Å². The van der Waals surface area contributed by atoms with Crippen LogP contribution in [0.1, 0.15) is 12.8 Å². The molecular weight excluding hydrogens is 516 g/mol. The van der Waals surface area contributed by atoms with Gasteiger partial charge in [0, 0.05) is 54.0 Å². The summed E-state index contributed by atoms with van der Waals surface area (Å²) in [5.41, 5.74) is 1.66. The van der Waals surface area contributed by atoms with Gasteiger partial charge in [0.15, 0.2) is 5.82 Å². The van der Waals surface area contributed by atoms with E-state index in [1.54, 1.807) is 18.2 Å². The summed E-state index contributed by atoms with van der Waals surface area (Å²) in [5.74, 6) is -3.46. The van der Waals surface area contributed by atoms with Crippen molar-refractivity contribution in [1.82, 2.24) is 10.3 Å². The predicted octanol–water partition coefficient (Wildman–Crippen LogP) is 6.33. The molecule has 1 aliphatic rings. The molecule has 5 rings (SSSR count). The van der Waals surface area contributed by atoms with E-state index in [1.165, 1.54) is 24.4 Å². The minimum atomic E-state index is -1.13. The SMILES string of the molecule is O=C=Nc1c(F)cc(F)cc1-c1ccc2ncc(-c3cc(F)cc(F)c3)c(N3CCC(NC(=O)O)CC3)c2c1. The molecule has 0 unspecified atom stereocenters. The first-order chi connectivity index (χ1) is 18.7. The topological polar surface area (TPSA) is 94.9 Å². The quantitative estimate of drug-likeness (QED) is 0.177. The number of carboxylic acid groups (broad SMARTS) is 1. The highest BCUT2D eigenvalue weighted by Gasteiger charge is 2.25. The summed E-state index contributed by atoms with van der Waals surface area (Å²) in [6.07, 6.45) is 2.60. The lowest BCUT2D eigenvalue weighted by molar-refractivity contribution is 0.187. The molecular formula is C28H20F4N4O3. The van der Waals surface area contributed by atoms with Crippen molar-refractivity contribution in [1.29, 1.82) is 0 Å². The van der Waals surface area contributed by atoms with Crippen molar-refractivity contribution in [3.63, 3.8) is 0 Å². The molecule has 2 heterocycles. The summed E-state index contributed by atoms with van der Waals surface area (Å²) >= 11 is 0. The zero-order chi connectivity index (χ0) is 27.7. The smallest absolute Gasteiger partial charge is 0.404 e. The number of carbonyl (C=O) groups is 1. The summed E-state index contributed by atoms with van der Waals surface area (Å²) in [6.45, 7) is 0.822. The zero-order valence-corrected chi connectivity index (χ0v) is 20.2. The number of nitrogens with zero attached hydrogens (tertiary/aromatic N) is 3. The van der Waals surface area contributed by atoms with Crippen LogP contribution in [0.15, 0.2) is 59.7 Å². The lowest BCUT2D eigenvalue weighted by Gasteiger charge is -2.35. The fourth-order valence-electron chi connectivity index (χ4n) is 4.97. The van der Waals surface area contributed by atoms with E-state index in [0.717, 1.165) is 12.1 Å². The minimum absolute atomic E-state index is 0.00951. The zero-order valence-electron chi connectivity index (χ0n) is 20.2. The highest BCUT2D eigenvalue weighted by Crippen LogP contribution is 2.41. The molecule has 1 aliphatic heterocycles. The Balaban J connectivity index is 1.72. The Morgan fingerprint density at radius 1 is 0.949 bits per heavy atom. The van der Waals surface area contributed by atoms with Crippen LogP contribution in [0.2, 0.25) is 0 Å². The number of nitrogens with one attached hydrogen (secondary N) is 1. The van der Waals surface area contributed by atoms with Crippen LogP contribution in [0, 0.1) is 23.3 Å². The molecule has 0 radical (unpaired) electrons. The average Bonchev–Trinajstić information content (AvgIpc) is 2.89. The number of rotatable bonds is 5. The highest BCUT2D eigenvalue weighted by molar-refractivity contribution is 6.02. The molecule has 1 amide bonds. The highest BCUT2D eigenvalue weighted by atomic mass is 19.1. The second kappa shape index (κ2) is 10.5. The van der Waals surface area contributed by atoms with Gasteiger partial charge in [-0.25, -0.2) is 27.2 Å². The third-order valence-electron chi connectivity index (χ3n) is 6.65. The number of halogens is 4. The first-order valence-electron chi connectivity index (χ1n) is 11.9. The first-order valence-corrected chi connectivity index (χ1v) is 11.9. The molecule has 0 spiro atoms. The largest absolute Gasteiger partial charge is 0.465 e. The summed E-state index contributed by atoms with van der Waals surface area (Å²) < 4.78 is 57.1. The van der Waals surface area contributed by atoms with Crippen molar-refractivity contribution in [2.75, 3.05) is 18.0 Å². The summed E-state index contributed by atoms with van der Waals surface area (Å²) in [7, 11) is 0. The third kappa shape index (κ3) is 5.30. The van der Waals surface area contributed by atoms with E-state index in [9.17, 15) is 27.2 Å². The van der Waals surface area contributed by atoms with Gasteiger partial charge in [-0.15, -0.1) is 0 Å². The third-order valence-corrected chi connectivity index (χ3v) is 6.65. The van der Waals surface area contributed by atoms with Gasteiger partial charge in [-0.3, -0.25) is 4.98 Å². The Kier molecular flexibility index (Phi) is 7.00. The number of fused-ring (bicyclic) bond motifs is 1. The monoisotopic (exact) mass is 536 g/mol. The van der Waals surface area contributed by atoms with Crippen LogP contribution in [0.3, 0.4) is 0 Å². The van der Waals surface area contributed by atoms with E-state index in [-0.39, 0.29) is 22.9 Å². The first kappa shape index (κ1) is 25.9. The van der Waals surface area contributed by atoms with Gasteiger partial charge >= 0.3 is 6.09 Å². The molecule has 0 bridgehead atoms. The van der Waals surface area contributed by atoms with Gasteiger partial charge < -0.3 is 15.3 Å². The molecule has 198 valence electrons. The number of isocyanates is 1. The number of piperidine rings is 1. The van der Waals surface area contributed by atoms with Crippen LogP contribution in [-0.4, -0.2) is 41.4 Å². The molecule has 7 nitrogen and oxygen atoms in total. The summed E-state index contributed by atoms with van der Waals surface area (Å²) in [4.78, 5) is 31.9. The Hall–Kier alpha value is -4.76. The normalized spacial score (nSPS) is 13.8. The van der Waals surface area contributed by atoms with E-state index in [1.807, 2.05) is 4.90 Å². The molecule has 0 atom stereocenters. The lowest BCUT2D eigenvalue weighted by atomic mass is 9.95. The van der Waals surface area contributed by atoms with Crippen LogP contribution >= 0.6 is 0 Å². The van der Waals surface area contributed by atoms with Crippen LogP contribution < -0.4 is 10.2 Å². The number of hydrogen-bond acceptors (Lipinski definition) is 5. The molecule has 39 heavy (non-hydrogen) atoms. The van der Waals surface area contributed by atoms with Gasteiger partial charge in [-0.05, 0) is 54.3 Å². The molecule has 1 fully saturated rings. The number of carbonyl (C=O) groups excluding carboxylic acids is 1. The van der Waals surface area contributed by atoms with E-state index in [2.05, 4.69) is 15.3 Å². The number of aliphatic imine (C=N–C) groups is 1. The Bertz CT molecular complexity index is 1630. The fourth-order valence-corrected chi connectivity index (χ4v) is 4.97. The fraction of sp³-hybridized carbons (Fsp3) is 0.179. The molecule has 1 saturated heterocycles.